The number of amides is 2. The molecule has 21 unspecified atom stereocenters. The molecule has 2 amide bonds. The van der Waals surface area contributed by atoms with E-state index in [1.807, 2.05) is 145 Å². The number of nitrogens with zero attached hydrogens (tertiary/aromatic N) is 1. The molecule has 700 valence electrons. The number of rotatable bonds is 26. The minimum Gasteiger partial charge on any atom is -0.459 e. The number of imide groups is 1. The van der Waals surface area contributed by atoms with E-state index >= 15 is 0 Å². The molecule has 21 atom stereocenters. The molecule has 7 aliphatic carbocycles. The second-order valence-electron chi connectivity index (χ2n) is 48.8. The van der Waals surface area contributed by atoms with E-state index < -0.39 is 44.6 Å². The predicted octanol–water partition coefficient (Wildman–Crippen LogP) is 25.2. The summed E-state index contributed by atoms with van der Waals surface area (Å²) in [7, 11) is 1.75. The van der Waals surface area contributed by atoms with Crippen LogP contribution in [0.2, 0.25) is 0 Å². The average molecular weight is 1690 g/mol. The van der Waals surface area contributed by atoms with E-state index in [2.05, 4.69) is 159 Å². The molecule has 1 heterocycles. The maximum Gasteiger partial charge on any atom is 0.326 e. The lowest BCUT2D eigenvalue weighted by molar-refractivity contribution is -0.187. The highest BCUT2D eigenvalue weighted by molar-refractivity contribution is 6.06. The summed E-state index contributed by atoms with van der Waals surface area (Å²) in [4.78, 5) is 100. The van der Waals surface area contributed by atoms with Gasteiger partial charge < -0.3 is 33.2 Å². The minimum absolute atomic E-state index is 0.000339. The molecule has 8 fully saturated rings. The zero-order valence-electron chi connectivity index (χ0n) is 86.6. The Morgan fingerprint density at radius 3 is 0.983 bits per heavy atom. The summed E-state index contributed by atoms with van der Waals surface area (Å²) in [5.74, 6) is 13.1. The van der Waals surface area contributed by atoms with Gasteiger partial charge >= 0.3 is 35.8 Å². The van der Waals surface area contributed by atoms with E-state index in [-0.39, 0.29) is 117 Å². The molecular formula is C104H189NO15. The van der Waals surface area contributed by atoms with Crippen LogP contribution in [0.3, 0.4) is 0 Å². The fourth-order valence-electron chi connectivity index (χ4n) is 19.8. The van der Waals surface area contributed by atoms with Gasteiger partial charge in [0.25, 0.3) is 0 Å². The Kier molecular flexibility index (Phi) is 36.8. The van der Waals surface area contributed by atoms with Gasteiger partial charge in [0.15, 0.2) is 0 Å². The van der Waals surface area contributed by atoms with Gasteiger partial charge in [0.2, 0.25) is 11.8 Å². The molecule has 16 nitrogen and oxygen atoms in total. The summed E-state index contributed by atoms with van der Waals surface area (Å²) < 4.78 is 39.6. The lowest BCUT2D eigenvalue weighted by atomic mass is 9.54. The number of carbonyl (C=O) groups excluding carboxylic acids is 8. The highest BCUT2D eigenvalue weighted by Crippen LogP contribution is 2.76. The van der Waals surface area contributed by atoms with Crippen molar-refractivity contribution in [1.82, 2.24) is 4.90 Å². The smallest absolute Gasteiger partial charge is 0.326 e. The first-order valence-electron chi connectivity index (χ1n) is 47.6. The number of carbonyl (C=O) groups is 8. The van der Waals surface area contributed by atoms with E-state index in [1.165, 1.54) is 38.5 Å². The molecule has 0 spiro atoms. The third-order valence-electron chi connectivity index (χ3n) is 36.2. The largest absolute Gasteiger partial charge is 0.459 e. The standard InChI is InChI=1S/C24H40O2.C24H42O2.C21H40O4.C14H23NO4.C14H28O2.C7H16O/c1-12(2)23(6,7)26-20(25)11-24(8)15(5)18-10-19(24)22-17-9-16(21(18)22)13(3)14(17)4;1-9-16-11-17(10-2)22-19-12-18(21(16)22)15(5)24(19,8)13-20(25)26-23(6,7)14(3)4;1-14(2)19(8,9)24-16(22)13-21(12,18(5,6)7)17(23)25-20(10,11)15(3)4;1-8(2)14(5,6)19-11(16)7-15-12(17)9(3)10(4)13(15)18;1-10(2)14(8,9)16-11(15)13(6,7)12(3,4)5;1-6(2)7(3,4)8-5/h12-19,21-22H,9-11H2,1-8H3;14-19,21-22H,9-13H2,1-8H3;14-15H,13H2,1-12H3;8-10H,7H2,1-6H3;10H,1-9H3;6H,1-5H3. The van der Waals surface area contributed by atoms with Gasteiger partial charge in [-0.05, 0) is 301 Å². The number of hydrogen-bond donors (Lipinski definition) is 0. The van der Waals surface area contributed by atoms with Gasteiger partial charge in [0.05, 0.1) is 35.7 Å². The number of hydrogen-bond acceptors (Lipinski definition) is 15. The van der Waals surface area contributed by atoms with Crippen LogP contribution in [-0.4, -0.2) is 105 Å². The number of fused-ring (bicyclic) bond motifs is 14. The second-order valence-corrected chi connectivity index (χ2v) is 48.8. The Balaban J connectivity index is 0.000000382. The third-order valence-corrected chi connectivity index (χ3v) is 36.2. The lowest BCUT2D eigenvalue weighted by Crippen LogP contribution is -2.48. The third kappa shape index (κ3) is 24.4. The summed E-state index contributed by atoms with van der Waals surface area (Å²) in [6.45, 7) is 96.9. The molecule has 0 aromatic rings. The highest BCUT2D eigenvalue weighted by atomic mass is 16.6. The first-order chi connectivity index (χ1) is 53.8. The number of ether oxygens (including phenoxy) is 7. The summed E-state index contributed by atoms with van der Waals surface area (Å²) in [5.41, 5.74) is -4.59. The van der Waals surface area contributed by atoms with Crippen LogP contribution in [0.5, 0.6) is 0 Å². The number of esters is 6. The molecule has 0 N–H and O–H groups in total. The van der Waals surface area contributed by atoms with Crippen LogP contribution >= 0.6 is 0 Å². The first kappa shape index (κ1) is 110. The van der Waals surface area contributed by atoms with Crippen LogP contribution in [0.1, 0.15) is 383 Å². The van der Waals surface area contributed by atoms with Crippen LogP contribution in [0.25, 0.3) is 0 Å². The first-order valence-corrected chi connectivity index (χ1v) is 47.6. The Morgan fingerprint density at radius 2 is 0.667 bits per heavy atom. The molecule has 7 saturated carbocycles. The van der Waals surface area contributed by atoms with Crippen LogP contribution in [0.4, 0.5) is 0 Å². The zero-order valence-corrected chi connectivity index (χ0v) is 86.6. The van der Waals surface area contributed by atoms with Crippen LogP contribution < -0.4 is 0 Å². The quantitative estimate of drug-likeness (QED) is 0.0342. The molecule has 120 heavy (non-hydrogen) atoms. The van der Waals surface area contributed by atoms with E-state index in [1.54, 1.807) is 27.9 Å². The fraction of sp³-hybridized carbons (Fsp3) is 0.923. The van der Waals surface area contributed by atoms with Crippen molar-refractivity contribution in [1.29, 1.82) is 0 Å². The molecule has 0 aromatic heterocycles. The van der Waals surface area contributed by atoms with Crippen LogP contribution in [0, 0.1) is 180 Å². The summed E-state index contributed by atoms with van der Waals surface area (Å²) >= 11 is 0. The molecule has 6 bridgehead atoms. The molecule has 1 saturated heterocycles. The Morgan fingerprint density at radius 1 is 0.367 bits per heavy atom. The van der Waals surface area contributed by atoms with Crippen LogP contribution in [-0.2, 0) is 71.5 Å². The van der Waals surface area contributed by atoms with Gasteiger partial charge in [-0.2, -0.15) is 0 Å². The molecular weight excluding hydrogens is 1500 g/mol. The predicted molar refractivity (Wildman–Crippen MR) is 489 cm³/mol. The summed E-state index contributed by atoms with van der Waals surface area (Å²) in [6, 6.07) is 0. The normalized spacial score (nSPS) is 30.8. The number of methoxy groups -OCH3 is 1. The monoisotopic (exact) mass is 1690 g/mol. The van der Waals surface area contributed by atoms with Crippen molar-refractivity contribution in [2.24, 2.45) is 180 Å². The van der Waals surface area contributed by atoms with Crippen molar-refractivity contribution >= 4 is 47.6 Å². The van der Waals surface area contributed by atoms with Gasteiger partial charge in [-0.25, -0.2) is 0 Å². The van der Waals surface area contributed by atoms with Gasteiger partial charge in [-0.3, -0.25) is 43.3 Å². The van der Waals surface area contributed by atoms with Crippen molar-refractivity contribution in [3.8, 4) is 0 Å². The lowest BCUT2D eigenvalue weighted by Gasteiger charge is -2.51. The van der Waals surface area contributed by atoms with Crippen molar-refractivity contribution in [2.45, 2.75) is 422 Å². The van der Waals surface area contributed by atoms with Crippen LogP contribution in [0.15, 0.2) is 0 Å². The van der Waals surface area contributed by atoms with Gasteiger partial charge in [0.1, 0.15) is 40.2 Å². The van der Waals surface area contributed by atoms with Crippen molar-refractivity contribution in [2.75, 3.05) is 13.7 Å². The number of likely N-dealkylation sites (tertiary alicyclic amines) is 1. The summed E-state index contributed by atoms with van der Waals surface area (Å²) in [5, 5.41) is 0. The molecule has 16 heteroatoms. The second kappa shape index (κ2) is 40.1. The van der Waals surface area contributed by atoms with E-state index in [4.69, 9.17) is 33.2 Å². The highest BCUT2D eigenvalue weighted by Gasteiger charge is 2.72. The van der Waals surface area contributed by atoms with Gasteiger partial charge in [-0.15, -0.1) is 0 Å². The van der Waals surface area contributed by atoms with Crippen molar-refractivity contribution in [3.05, 3.63) is 0 Å². The minimum atomic E-state index is -0.969. The van der Waals surface area contributed by atoms with Crippen molar-refractivity contribution < 1.29 is 71.5 Å². The molecule has 1 aliphatic heterocycles. The maximum absolute atomic E-state index is 13.0. The maximum atomic E-state index is 13.0. The SMILES string of the molecule is CC(C)C(C)(C)OC(=O)C(C)(C)C(C)(C)C.CC(C)C(C)(C)OC(=O)CC(C)(C(=O)OC(C)(C)C(C)C)C(C)(C)C.CC1C(=O)N(CC(=O)OC(C)(C)C(C)C)C(=O)C1C.CC1C(C)C2CC1C1C3CC(C21)C(C)(CC(=O)OC(C)(C)C(C)C)C3C.CCC1CC(CC)C2C1C1CC2C(C)(CC(=O)OC(C)(C)C(C)C)C1C.COC(C)(C)C(C)C. The van der Waals surface area contributed by atoms with E-state index in [0.717, 1.165) is 87.8 Å². The van der Waals surface area contributed by atoms with E-state index in [0.29, 0.717) is 48.3 Å². The van der Waals surface area contributed by atoms with Gasteiger partial charge in [-0.1, -0.05) is 221 Å². The van der Waals surface area contributed by atoms with E-state index in [9.17, 15) is 38.4 Å². The average Bonchev–Trinajstić information content (AvgIpc) is 1.52. The van der Waals surface area contributed by atoms with Gasteiger partial charge in [0, 0.05) is 18.9 Å². The molecule has 0 aromatic carbocycles. The van der Waals surface area contributed by atoms with Crippen molar-refractivity contribution in [3.63, 3.8) is 0 Å². The Bertz CT molecular complexity index is 3330. The molecule has 8 aliphatic rings. The molecule has 8 rings (SSSR count). The zero-order chi connectivity index (χ0) is 94.2. The molecule has 0 radical (unpaired) electrons. The Labute approximate surface area is 736 Å². The summed E-state index contributed by atoms with van der Waals surface area (Å²) in [6.07, 6.45) is 9.53. The topological polar surface area (TPSA) is 204 Å². The Hall–Kier alpha value is -4.08. The fourth-order valence-corrected chi connectivity index (χ4v) is 19.8.